The fraction of sp³-hybridized carbons (Fsp3) is 0.882. The summed E-state index contributed by atoms with van der Waals surface area (Å²) >= 11 is 0. The van der Waals surface area contributed by atoms with Gasteiger partial charge in [-0.2, -0.15) is 0 Å². The zero-order valence-electron chi connectivity index (χ0n) is 15.1. The van der Waals surface area contributed by atoms with E-state index in [4.69, 9.17) is 5.73 Å². The van der Waals surface area contributed by atoms with Crippen LogP contribution in [0.3, 0.4) is 0 Å². The van der Waals surface area contributed by atoms with Gasteiger partial charge in [0.2, 0.25) is 11.8 Å². The fourth-order valence-corrected chi connectivity index (χ4v) is 4.59. The van der Waals surface area contributed by atoms with Gasteiger partial charge in [0.05, 0.1) is 12.5 Å². The maximum atomic E-state index is 12.6. The number of piperidine rings is 1. The molecule has 2 saturated carbocycles. The Morgan fingerprint density at radius 2 is 1.68 bits per heavy atom. The largest absolute Gasteiger partial charge is 0.353 e. The van der Waals surface area contributed by atoms with Crippen LogP contribution in [0.4, 0.5) is 0 Å². The Hall–Kier alpha value is -0.560. The number of likely N-dealkylation sites (tertiary alicyclic amines) is 1. The Morgan fingerprint density at radius 3 is 2.20 bits per heavy atom. The SMILES string of the molecule is CN(C)C(=O)CN1CCC(NC(=O)C2C3CCC(C3)C2N)CC1.Cl.Cl. The molecule has 3 fully saturated rings. The number of amides is 2. The molecule has 0 spiro atoms. The van der Waals surface area contributed by atoms with Crippen LogP contribution in [0.2, 0.25) is 0 Å². The molecule has 1 heterocycles. The zero-order chi connectivity index (χ0) is 16.6. The summed E-state index contributed by atoms with van der Waals surface area (Å²) in [6, 6.07) is 0.297. The van der Waals surface area contributed by atoms with Crippen molar-refractivity contribution in [2.45, 2.75) is 44.2 Å². The Kier molecular flexibility index (Phi) is 8.45. The highest BCUT2D eigenvalue weighted by Gasteiger charge is 2.49. The van der Waals surface area contributed by atoms with Gasteiger partial charge < -0.3 is 16.0 Å². The molecule has 25 heavy (non-hydrogen) atoms. The van der Waals surface area contributed by atoms with E-state index in [9.17, 15) is 9.59 Å². The lowest BCUT2D eigenvalue weighted by molar-refractivity contribution is -0.131. The van der Waals surface area contributed by atoms with Gasteiger partial charge in [-0.25, -0.2) is 0 Å². The van der Waals surface area contributed by atoms with E-state index in [-0.39, 0.29) is 54.6 Å². The number of carbonyl (C=O) groups is 2. The highest BCUT2D eigenvalue weighted by molar-refractivity contribution is 5.85. The highest BCUT2D eigenvalue weighted by Crippen LogP contribution is 2.47. The number of likely N-dealkylation sites (N-methyl/N-ethyl adjacent to an activating group) is 1. The predicted octanol–water partition coefficient (Wildman–Crippen LogP) is 0.872. The van der Waals surface area contributed by atoms with E-state index in [1.807, 2.05) is 0 Å². The molecule has 0 aromatic carbocycles. The third kappa shape index (κ3) is 5.00. The van der Waals surface area contributed by atoms with Crippen molar-refractivity contribution in [1.29, 1.82) is 0 Å². The minimum Gasteiger partial charge on any atom is -0.353 e. The number of hydrogen-bond donors (Lipinski definition) is 2. The maximum absolute atomic E-state index is 12.6. The maximum Gasteiger partial charge on any atom is 0.236 e. The molecular formula is C17H32Cl2N4O2. The van der Waals surface area contributed by atoms with E-state index >= 15 is 0 Å². The molecule has 0 aromatic heterocycles. The van der Waals surface area contributed by atoms with E-state index in [1.54, 1.807) is 19.0 Å². The summed E-state index contributed by atoms with van der Waals surface area (Å²) < 4.78 is 0. The molecule has 1 aliphatic heterocycles. The summed E-state index contributed by atoms with van der Waals surface area (Å²) in [5, 5.41) is 3.23. The van der Waals surface area contributed by atoms with Crippen molar-refractivity contribution >= 4 is 36.6 Å². The number of rotatable bonds is 4. The van der Waals surface area contributed by atoms with Gasteiger partial charge in [-0.1, -0.05) is 0 Å². The van der Waals surface area contributed by atoms with Gasteiger partial charge in [0.1, 0.15) is 0 Å². The number of nitrogens with zero attached hydrogens (tertiary/aromatic N) is 2. The van der Waals surface area contributed by atoms with E-state index in [2.05, 4.69) is 10.2 Å². The fourth-order valence-electron chi connectivity index (χ4n) is 4.59. The van der Waals surface area contributed by atoms with E-state index < -0.39 is 0 Å². The van der Waals surface area contributed by atoms with Gasteiger partial charge in [0.15, 0.2) is 0 Å². The van der Waals surface area contributed by atoms with Crippen LogP contribution < -0.4 is 11.1 Å². The van der Waals surface area contributed by atoms with Crippen molar-refractivity contribution in [3.63, 3.8) is 0 Å². The van der Waals surface area contributed by atoms with Crippen LogP contribution in [0.5, 0.6) is 0 Å². The highest BCUT2D eigenvalue weighted by atomic mass is 35.5. The van der Waals surface area contributed by atoms with Crippen LogP contribution in [0.1, 0.15) is 32.1 Å². The molecule has 146 valence electrons. The number of fused-ring (bicyclic) bond motifs is 2. The molecule has 1 saturated heterocycles. The topological polar surface area (TPSA) is 78.7 Å². The lowest BCUT2D eigenvalue weighted by atomic mass is 9.84. The van der Waals surface area contributed by atoms with Crippen molar-refractivity contribution in [2.75, 3.05) is 33.7 Å². The third-order valence-electron chi connectivity index (χ3n) is 6.07. The second-order valence-corrected chi connectivity index (χ2v) is 7.78. The van der Waals surface area contributed by atoms with Crippen molar-refractivity contribution in [3.05, 3.63) is 0 Å². The summed E-state index contributed by atoms with van der Waals surface area (Å²) in [6.45, 7) is 2.21. The zero-order valence-corrected chi connectivity index (χ0v) is 16.8. The van der Waals surface area contributed by atoms with Crippen LogP contribution in [0, 0.1) is 17.8 Å². The van der Waals surface area contributed by atoms with Crippen LogP contribution in [0.15, 0.2) is 0 Å². The lowest BCUT2D eigenvalue weighted by Crippen LogP contribution is -2.51. The smallest absolute Gasteiger partial charge is 0.236 e. The van der Waals surface area contributed by atoms with E-state index in [0.29, 0.717) is 18.4 Å². The molecule has 2 amide bonds. The lowest BCUT2D eigenvalue weighted by Gasteiger charge is -2.34. The van der Waals surface area contributed by atoms with Gasteiger partial charge >= 0.3 is 0 Å². The average molecular weight is 395 g/mol. The first-order chi connectivity index (χ1) is 11.0. The Balaban J connectivity index is 0.00000156. The first-order valence-electron chi connectivity index (χ1n) is 8.94. The molecule has 6 nitrogen and oxygen atoms in total. The number of nitrogens with two attached hydrogens (primary N) is 1. The number of hydrogen-bond acceptors (Lipinski definition) is 4. The molecular weight excluding hydrogens is 363 g/mol. The van der Waals surface area contributed by atoms with Crippen LogP contribution in [-0.4, -0.2) is 67.4 Å². The van der Waals surface area contributed by atoms with Crippen LogP contribution in [0.25, 0.3) is 0 Å². The second-order valence-electron chi connectivity index (χ2n) is 7.78. The number of halogens is 2. The van der Waals surface area contributed by atoms with Crippen molar-refractivity contribution in [2.24, 2.45) is 23.5 Å². The number of nitrogens with one attached hydrogen (secondary N) is 1. The molecule has 8 heteroatoms. The van der Waals surface area contributed by atoms with Gasteiger partial charge in [-0.15, -0.1) is 24.8 Å². The molecule has 2 aliphatic carbocycles. The summed E-state index contributed by atoms with van der Waals surface area (Å²) in [4.78, 5) is 28.2. The monoisotopic (exact) mass is 394 g/mol. The molecule has 0 aromatic rings. The predicted molar refractivity (Wildman–Crippen MR) is 103 cm³/mol. The molecule has 3 aliphatic rings. The quantitative estimate of drug-likeness (QED) is 0.741. The summed E-state index contributed by atoms with van der Waals surface area (Å²) in [6.07, 6.45) is 5.35. The van der Waals surface area contributed by atoms with E-state index in [0.717, 1.165) is 32.4 Å². The summed E-state index contributed by atoms with van der Waals surface area (Å²) in [7, 11) is 3.57. The van der Waals surface area contributed by atoms with Crippen molar-refractivity contribution in [3.8, 4) is 0 Å². The Labute approximate surface area is 163 Å². The molecule has 3 rings (SSSR count). The first kappa shape index (κ1) is 22.5. The van der Waals surface area contributed by atoms with Gasteiger partial charge in [-0.3, -0.25) is 14.5 Å². The second kappa shape index (κ2) is 9.40. The van der Waals surface area contributed by atoms with Gasteiger partial charge in [0.25, 0.3) is 0 Å². The van der Waals surface area contributed by atoms with Crippen molar-refractivity contribution < 1.29 is 9.59 Å². The Morgan fingerprint density at radius 1 is 1.08 bits per heavy atom. The Bertz CT molecular complexity index is 468. The third-order valence-corrected chi connectivity index (χ3v) is 6.07. The van der Waals surface area contributed by atoms with Gasteiger partial charge in [0, 0.05) is 39.3 Å². The minimum absolute atomic E-state index is 0. The summed E-state index contributed by atoms with van der Waals surface area (Å²) in [5.41, 5.74) is 6.26. The average Bonchev–Trinajstić information content (AvgIpc) is 3.09. The van der Waals surface area contributed by atoms with Crippen LogP contribution in [-0.2, 0) is 9.59 Å². The van der Waals surface area contributed by atoms with Crippen LogP contribution >= 0.6 is 24.8 Å². The number of carbonyl (C=O) groups excluding carboxylic acids is 2. The molecule has 4 unspecified atom stereocenters. The van der Waals surface area contributed by atoms with Crippen molar-refractivity contribution in [1.82, 2.24) is 15.1 Å². The van der Waals surface area contributed by atoms with Gasteiger partial charge in [-0.05, 0) is 43.9 Å². The minimum atomic E-state index is 0. The molecule has 4 atom stereocenters. The molecule has 0 radical (unpaired) electrons. The standard InChI is InChI=1S/C17H30N4O2.2ClH/c1-20(2)14(22)10-21-7-5-13(6-8-21)19-17(23)15-11-3-4-12(9-11)16(15)18;;/h11-13,15-16H,3-10,18H2,1-2H3,(H,19,23);2*1H. The first-order valence-corrected chi connectivity index (χ1v) is 8.94. The molecule has 2 bridgehead atoms. The molecule has 3 N–H and O–H groups in total. The normalized spacial score (nSPS) is 31.8. The summed E-state index contributed by atoms with van der Waals surface area (Å²) in [5.74, 6) is 1.41. The van der Waals surface area contributed by atoms with E-state index in [1.165, 1.54) is 12.8 Å².